The van der Waals surface area contributed by atoms with E-state index in [2.05, 4.69) is 20.8 Å². The SMILES string of the molecule is CCCCCCCCCCCC[N+](CC)(CC)CC(C)=O. The van der Waals surface area contributed by atoms with E-state index in [1.807, 2.05) is 0 Å². The number of ketones is 1. The van der Waals surface area contributed by atoms with Gasteiger partial charge >= 0.3 is 0 Å². The Kier molecular flexibility index (Phi) is 13.1. The highest BCUT2D eigenvalue weighted by molar-refractivity contribution is 5.76. The van der Waals surface area contributed by atoms with E-state index < -0.39 is 0 Å². The fourth-order valence-corrected chi connectivity index (χ4v) is 3.25. The average molecular weight is 299 g/mol. The van der Waals surface area contributed by atoms with E-state index in [0.717, 1.165) is 24.1 Å². The van der Waals surface area contributed by atoms with E-state index >= 15 is 0 Å². The van der Waals surface area contributed by atoms with Gasteiger partial charge in [0.2, 0.25) is 0 Å². The van der Waals surface area contributed by atoms with Crippen molar-refractivity contribution in [3.05, 3.63) is 0 Å². The number of Topliss-reactive ketones (excluding diaryl/α,β-unsaturated/α-hetero) is 1. The molecule has 0 atom stereocenters. The first-order chi connectivity index (χ1) is 10.1. The van der Waals surface area contributed by atoms with E-state index in [4.69, 9.17) is 0 Å². The third kappa shape index (κ3) is 10.9. The second-order valence-electron chi connectivity index (χ2n) is 6.74. The highest BCUT2D eigenvalue weighted by Crippen LogP contribution is 2.13. The van der Waals surface area contributed by atoms with Crippen molar-refractivity contribution in [2.24, 2.45) is 0 Å². The molecule has 0 aliphatic carbocycles. The molecule has 21 heavy (non-hydrogen) atoms. The van der Waals surface area contributed by atoms with Gasteiger partial charge < -0.3 is 4.48 Å². The lowest BCUT2D eigenvalue weighted by Crippen LogP contribution is -2.51. The van der Waals surface area contributed by atoms with Crippen LogP contribution in [0.3, 0.4) is 0 Å². The van der Waals surface area contributed by atoms with Crippen molar-refractivity contribution < 1.29 is 9.28 Å². The molecule has 0 saturated heterocycles. The maximum absolute atomic E-state index is 11.4. The molecule has 126 valence electrons. The molecule has 0 aromatic heterocycles. The monoisotopic (exact) mass is 298 g/mol. The van der Waals surface area contributed by atoms with Crippen LogP contribution in [0.4, 0.5) is 0 Å². The lowest BCUT2D eigenvalue weighted by atomic mass is 10.1. The van der Waals surface area contributed by atoms with Crippen LogP contribution in [-0.4, -0.2) is 36.4 Å². The molecule has 0 aromatic carbocycles. The van der Waals surface area contributed by atoms with Crippen LogP contribution in [0.15, 0.2) is 0 Å². The summed E-state index contributed by atoms with van der Waals surface area (Å²) in [5.74, 6) is 0.339. The highest BCUT2D eigenvalue weighted by atomic mass is 16.1. The Bertz CT molecular complexity index is 246. The van der Waals surface area contributed by atoms with Gasteiger partial charge in [0.25, 0.3) is 0 Å². The molecule has 0 fully saturated rings. The number of unbranched alkanes of at least 4 members (excludes halogenated alkanes) is 9. The Morgan fingerprint density at radius 2 is 1.14 bits per heavy atom. The molecular formula is C19H40NO+. The van der Waals surface area contributed by atoms with Gasteiger partial charge in [-0.15, -0.1) is 0 Å². The van der Waals surface area contributed by atoms with Gasteiger partial charge in [0.05, 0.1) is 19.6 Å². The number of hydrogen-bond acceptors (Lipinski definition) is 1. The molecule has 0 heterocycles. The summed E-state index contributed by atoms with van der Waals surface area (Å²) in [6.07, 6.45) is 13.8. The number of quaternary nitrogens is 1. The largest absolute Gasteiger partial charge is 0.318 e. The summed E-state index contributed by atoms with van der Waals surface area (Å²) in [5, 5.41) is 0. The number of rotatable bonds is 15. The first-order valence-corrected chi connectivity index (χ1v) is 9.44. The Morgan fingerprint density at radius 1 is 0.714 bits per heavy atom. The quantitative estimate of drug-likeness (QED) is 0.294. The van der Waals surface area contributed by atoms with Crippen LogP contribution >= 0.6 is 0 Å². The summed E-state index contributed by atoms with van der Waals surface area (Å²) >= 11 is 0. The lowest BCUT2D eigenvalue weighted by Gasteiger charge is -2.36. The number of likely N-dealkylation sites (N-methyl/N-ethyl adjacent to an activating group) is 1. The molecule has 0 unspecified atom stereocenters. The molecule has 0 spiro atoms. The number of hydrogen-bond donors (Lipinski definition) is 0. The van der Waals surface area contributed by atoms with Crippen molar-refractivity contribution in [2.45, 2.75) is 91.9 Å². The maximum Gasteiger partial charge on any atom is 0.183 e. The number of carbonyl (C=O) groups is 1. The fraction of sp³-hybridized carbons (Fsp3) is 0.947. The fourth-order valence-electron chi connectivity index (χ4n) is 3.25. The summed E-state index contributed by atoms with van der Waals surface area (Å²) in [6.45, 7) is 12.5. The second-order valence-corrected chi connectivity index (χ2v) is 6.74. The third-order valence-corrected chi connectivity index (χ3v) is 4.89. The first kappa shape index (κ1) is 20.6. The standard InChI is InChI=1S/C19H40NO/c1-5-8-9-10-11-12-13-14-15-16-17-20(6-2,7-3)18-19(4)21/h5-18H2,1-4H3/q+1. The summed E-state index contributed by atoms with van der Waals surface area (Å²) in [6, 6.07) is 0. The van der Waals surface area contributed by atoms with Crippen molar-refractivity contribution in [2.75, 3.05) is 26.2 Å². The summed E-state index contributed by atoms with van der Waals surface area (Å²) in [4.78, 5) is 11.4. The van der Waals surface area contributed by atoms with Gasteiger partial charge in [-0.2, -0.15) is 0 Å². The molecular weight excluding hydrogens is 258 g/mol. The molecule has 0 rings (SSSR count). The first-order valence-electron chi connectivity index (χ1n) is 9.44. The van der Waals surface area contributed by atoms with Crippen molar-refractivity contribution >= 4 is 5.78 Å². The van der Waals surface area contributed by atoms with Gasteiger partial charge in [-0.1, -0.05) is 58.3 Å². The van der Waals surface area contributed by atoms with Gasteiger partial charge in [0.15, 0.2) is 5.78 Å². The predicted molar refractivity (Wildman–Crippen MR) is 93.6 cm³/mol. The normalized spacial score (nSPS) is 11.8. The van der Waals surface area contributed by atoms with Crippen molar-refractivity contribution in [3.8, 4) is 0 Å². The zero-order valence-electron chi connectivity index (χ0n) is 15.3. The predicted octanol–water partition coefficient (Wildman–Crippen LogP) is 5.35. The Balaban J connectivity index is 3.61. The van der Waals surface area contributed by atoms with Gasteiger partial charge in [-0.3, -0.25) is 4.79 Å². The lowest BCUT2D eigenvalue weighted by molar-refractivity contribution is -0.917. The van der Waals surface area contributed by atoms with Gasteiger partial charge in [0.1, 0.15) is 6.54 Å². The van der Waals surface area contributed by atoms with Crippen molar-refractivity contribution in [3.63, 3.8) is 0 Å². The van der Waals surface area contributed by atoms with E-state index in [-0.39, 0.29) is 0 Å². The molecule has 0 saturated carbocycles. The molecule has 0 N–H and O–H groups in total. The summed E-state index contributed by atoms with van der Waals surface area (Å²) in [5.41, 5.74) is 0. The third-order valence-electron chi connectivity index (χ3n) is 4.89. The molecule has 0 radical (unpaired) electrons. The molecule has 0 bridgehead atoms. The number of carbonyl (C=O) groups excluding carboxylic acids is 1. The average Bonchev–Trinajstić information content (AvgIpc) is 2.47. The van der Waals surface area contributed by atoms with Crippen LogP contribution in [0.5, 0.6) is 0 Å². The minimum atomic E-state index is 0.339. The Labute approximate surface area is 133 Å². The molecule has 0 aliphatic rings. The zero-order valence-corrected chi connectivity index (χ0v) is 15.3. The van der Waals surface area contributed by atoms with Crippen molar-refractivity contribution in [1.29, 1.82) is 0 Å². The maximum atomic E-state index is 11.4. The molecule has 0 amide bonds. The summed E-state index contributed by atoms with van der Waals surface area (Å²) in [7, 11) is 0. The summed E-state index contributed by atoms with van der Waals surface area (Å²) < 4.78 is 0.992. The topological polar surface area (TPSA) is 17.1 Å². The zero-order chi connectivity index (χ0) is 16.0. The molecule has 0 aliphatic heterocycles. The second kappa shape index (κ2) is 13.3. The van der Waals surface area contributed by atoms with E-state index in [0.29, 0.717) is 5.78 Å². The van der Waals surface area contributed by atoms with Crippen LogP contribution in [0.25, 0.3) is 0 Å². The van der Waals surface area contributed by atoms with E-state index in [1.165, 1.54) is 70.8 Å². The number of nitrogens with zero attached hydrogens (tertiary/aromatic N) is 1. The molecule has 2 nitrogen and oxygen atoms in total. The molecule has 2 heteroatoms. The molecule has 0 aromatic rings. The van der Waals surface area contributed by atoms with Crippen LogP contribution in [0, 0.1) is 0 Å². The van der Waals surface area contributed by atoms with Crippen LogP contribution in [0.2, 0.25) is 0 Å². The van der Waals surface area contributed by atoms with Gasteiger partial charge in [0, 0.05) is 6.92 Å². The van der Waals surface area contributed by atoms with Gasteiger partial charge in [-0.25, -0.2) is 0 Å². The van der Waals surface area contributed by atoms with Crippen LogP contribution < -0.4 is 0 Å². The Morgan fingerprint density at radius 3 is 1.52 bits per heavy atom. The van der Waals surface area contributed by atoms with Gasteiger partial charge in [-0.05, 0) is 26.7 Å². The minimum Gasteiger partial charge on any atom is -0.318 e. The smallest absolute Gasteiger partial charge is 0.183 e. The Hall–Kier alpha value is -0.370. The van der Waals surface area contributed by atoms with Crippen LogP contribution in [0.1, 0.15) is 91.9 Å². The van der Waals surface area contributed by atoms with Crippen LogP contribution in [-0.2, 0) is 4.79 Å². The highest BCUT2D eigenvalue weighted by Gasteiger charge is 2.24. The van der Waals surface area contributed by atoms with Crippen molar-refractivity contribution in [1.82, 2.24) is 0 Å². The van der Waals surface area contributed by atoms with E-state index in [1.54, 1.807) is 6.92 Å². The minimum absolute atomic E-state index is 0.339. The van der Waals surface area contributed by atoms with E-state index in [9.17, 15) is 4.79 Å².